The molecule has 0 amide bonds. The molecular weight excluding hydrogens is 260 g/mol. The molecule has 21 heavy (non-hydrogen) atoms. The highest BCUT2D eigenvalue weighted by molar-refractivity contribution is 5.29. The number of benzene rings is 1. The average Bonchev–Trinajstić information content (AvgIpc) is 2.36. The zero-order chi connectivity index (χ0) is 16.0. The molecule has 2 unspecified atom stereocenters. The third-order valence-corrected chi connectivity index (χ3v) is 3.66. The van der Waals surface area contributed by atoms with Crippen molar-refractivity contribution in [3.63, 3.8) is 0 Å². The van der Waals surface area contributed by atoms with Crippen LogP contribution in [0.25, 0.3) is 0 Å². The van der Waals surface area contributed by atoms with Crippen molar-refractivity contribution in [3.05, 3.63) is 29.8 Å². The Balaban J connectivity index is 2.83. The zero-order valence-corrected chi connectivity index (χ0v) is 14.8. The minimum absolute atomic E-state index is 0.146. The molecule has 0 heterocycles. The van der Waals surface area contributed by atoms with Gasteiger partial charge in [-0.2, -0.15) is 0 Å². The molecule has 0 bridgehead atoms. The highest BCUT2D eigenvalue weighted by Gasteiger charge is 2.29. The molecule has 0 aromatic heterocycles. The lowest BCUT2D eigenvalue weighted by atomic mass is 9.99. The summed E-state index contributed by atoms with van der Waals surface area (Å²) in [5.41, 5.74) is 1.36. The third-order valence-electron chi connectivity index (χ3n) is 3.66. The summed E-state index contributed by atoms with van der Waals surface area (Å²) >= 11 is 0. The van der Waals surface area contributed by atoms with Crippen LogP contribution in [0.15, 0.2) is 24.3 Å². The monoisotopic (exact) mass is 292 g/mol. The van der Waals surface area contributed by atoms with Gasteiger partial charge >= 0.3 is 0 Å². The number of hydrogen-bond donors (Lipinski definition) is 0. The van der Waals surface area contributed by atoms with Crippen LogP contribution >= 0.6 is 0 Å². The Morgan fingerprint density at radius 1 is 1.00 bits per heavy atom. The zero-order valence-electron chi connectivity index (χ0n) is 14.8. The fraction of sp³-hybridized carbons (Fsp3) is 0.684. The lowest BCUT2D eigenvalue weighted by molar-refractivity contribution is -0.200. The minimum Gasteiger partial charge on any atom is -0.463 e. The smallest absolute Gasteiger partial charge is 0.208 e. The summed E-state index contributed by atoms with van der Waals surface area (Å²) in [6.45, 7) is 15.0. The largest absolute Gasteiger partial charge is 0.463 e. The topological polar surface area (TPSA) is 18.5 Å². The molecule has 0 saturated carbocycles. The first-order chi connectivity index (χ1) is 9.75. The minimum atomic E-state index is -0.569. The van der Waals surface area contributed by atoms with Crippen LogP contribution in [0.3, 0.4) is 0 Å². The second-order valence-corrected chi connectivity index (χ2v) is 6.88. The quantitative estimate of drug-likeness (QED) is 0.567. The van der Waals surface area contributed by atoms with E-state index in [0.29, 0.717) is 11.8 Å². The summed E-state index contributed by atoms with van der Waals surface area (Å²) in [7, 11) is 0. The fourth-order valence-corrected chi connectivity index (χ4v) is 2.70. The van der Waals surface area contributed by atoms with E-state index in [4.69, 9.17) is 9.47 Å². The van der Waals surface area contributed by atoms with Crippen LogP contribution in [0.2, 0.25) is 0 Å². The summed E-state index contributed by atoms with van der Waals surface area (Å²) in [4.78, 5) is 0. The molecule has 2 atom stereocenters. The van der Waals surface area contributed by atoms with Crippen molar-refractivity contribution in [1.29, 1.82) is 0 Å². The van der Waals surface area contributed by atoms with E-state index < -0.39 is 5.79 Å². The Morgan fingerprint density at radius 3 is 2.00 bits per heavy atom. The molecule has 1 rings (SSSR count). The lowest BCUT2D eigenvalue weighted by Gasteiger charge is -2.34. The van der Waals surface area contributed by atoms with Gasteiger partial charge in [0.2, 0.25) is 5.79 Å². The Labute approximate surface area is 130 Å². The van der Waals surface area contributed by atoms with Gasteiger partial charge in [0.05, 0.1) is 6.10 Å². The van der Waals surface area contributed by atoms with Gasteiger partial charge in [0.25, 0.3) is 0 Å². The molecule has 0 aliphatic carbocycles. The molecule has 0 radical (unpaired) electrons. The summed E-state index contributed by atoms with van der Waals surface area (Å²) < 4.78 is 12.2. The molecule has 1 aromatic rings. The molecule has 0 fully saturated rings. The molecule has 0 spiro atoms. The highest BCUT2D eigenvalue weighted by atomic mass is 16.7. The van der Waals surface area contributed by atoms with E-state index in [9.17, 15) is 0 Å². The number of ether oxygens (including phenoxy) is 2. The summed E-state index contributed by atoms with van der Waals surface area (Å²) in [5.74, 6) is 1.42. The molecule has 2 heteroatoms. The third kappa shape index (κ3) is 6.09. The van der Waals surface area contributed by atoms with Gasteiger partial charge in [-0.15, -0.1) is 0 Å². The predicted molar refractivity (Wildman–Crippen MR) is 89.9 cm³/mol. The maximum atomic E-state index is 6.17. The SMILES string of the molecule is CCC(C)c1ccc(OC(C)(CC(C)C)OC(C)C)cc1. The maximum Gasteiger partial charge on any atom is 0.208 e. The highest BCUT2D eigenvalue weighted by Crippen LogP contribution is 2.28. The fourth-order valence-electron chi connectivity index (χ4n) is 2.70. The van der Waals surface area contributed by atoms with E-state index in [0.717, 1.165) is 18.6 Å². The molecule has 0 saturated heterocycles. The van der Waals surface area contributed by atoms with Crippen LogP contribution in [0.1, 0.15) is 72.8 Å². The van der Waals surface area contributed by atoms with Crippen molar-refractivity contribution >= 4 is 0 Å². The van der Waals surface area contributed by atoms with Crippen LogP contribution in [0.5, 0.6) is 5.75 Å². The summed E-state index contributed by atoms with van der Waals surface area (Å²) in [6, 6.07) is 8.44. The number of rotatable bonds is 8. The van der Waals surface area contributed by atoms with E-state index in [1.54, 1.807) is 0 Å². The van der Waals surface area contributed by atoms with Crippen LogP contribution in [-0.4, -0.2) is 11.9 Å². The van der Waals surface area contributed by atoms with Gasteiger partial charge in [-0.3, -0.25) is 0 Å². The van der Waals surface area contributed by atoms with E-state index >= 15 is 0 Å². The van der Waals surface area contributed by atoms with Crippen LogP contribution in [0.4, 0.5) is 0 Å². The predicted octanol–water partition coefficient (Wildman–Crippen LogP) is 5.77. The molecule has 0 aliphatic heterocycles. The van der Waals surface area contributed by atoms with Crippen molar-refractivity contribution < 1.29 is 9.47 Å². The summed E-state index contributed by atoms with van der Waals surface area (Å²) in [6.07, 6.45) is 2.17. The van der Waals surface area contributed by atoms with E-state index in [1.807, 2.05) is 20.8 Å². The second kappa shape index (κ2) is 7.84. The maximum absolute atomic E-state index is 6.17. The van der Waals surface area contributed by atoms with Gasteiger partial charge in [0, 0.05) is 13.3 Å². The van der Waals surface area contributed by atoms with E-state index in [-0.39, 0.29) is 6.10 Å². The van der Waals surface area contributed by atoms with Gasteiger partial charge < -0.3 is 9.47 Å². The van der Waals surface area contributed by atoms with Gasteiger partial charge in [-0.25, -0.2) is 0 Å². The van der Waals surface area contributed by atoms with Gasteiger partial charge in [-0.1, -0.05) is 39.8 Å². The summed E-state index contributed by atoms with van der Waals surface area (Å²) in [5, 5.41) is 0. The van der Waals surface area contributed by atoms with Gasteiger partial charge in [0.1, 0.15) is 5.75 Å². The molecule has 1 aromatic carbocycles. The van der Waals surface area contributed by atoms with Crippen molar-refractivity contribution in [2.24, 2.45) is 5.92 Å². The first-order valence-corrected chi connectivity index (χ1v) is 8.22. The first kappa shape index (κ1) is 18.0. The Hall–Kier alpha value is -1.02. The normalized spacial score (nSPS) is 16.0. The average molecular weight is 292 g/mol. The van der Waals surface area contributed by atoms with Crippen molar-refractivity contribution in [2.75, 3.05) is 0 Å². The van der Waals surface area contributed by atoms with E-state index in [1.165, 1.54) is 5.56 Å². The molecule has 2 nitrogen and oxygen atoms in total. The molecule has 120 valence electrons. The Morgan fingerprint density at radius 2 is 1.57 bits per heavy atom. The Bertz CT molecular complexity index is 396. The molecule has 0 aliphatic rings. The Kier molecular flexibility index (Phi) is 6.73. The molecular formula is C19H32O2. The van der Waals surface area contributed by atoms with Crippen molar-refractivity contribution in [1.82, 2.24) is 0 Å². The number of hydrogen-bond acceptors (Lipinski definition) is 2. The van der Waals surface area contributed by atoms with E-state index in [2.05, 4.69) is 52.0 Å². The standard InChI is InChI=1S/C19H32O2/c1-8-16(6)17-9-11-18(12-10-17)21-19(7,13-14(2)3)20-15(4)5/h9-12,14-16H,8,13H2,1-7H3. The molecule has 0 N–H and O–H groups in total. The first-order valence-electron chi connectivity index (χ1n) is 8.22. The van der Waals surface area contributed by atoms with Gasteiger partial charge in [-0.05, 0) is 49.8 Å². The second-order valence-electron chi connectivity index (χ2n) is 6.88. The van der Waals surface area contributed by atoms with Gasteiger partial charge in [0.15, 0.2) is 0 Å². The van der Waals surface area contributed by atoms with Crippen molar-refractivity contribution in [2.45, 2.75) is 79.1 Å². The van der Waals surface area contributed by atoms with Crippen LogP contribution in [-0.2, 0) is 4.74 Å². The van der Waals surface area contributed by atoms with Crippen molar-refractivity contribution in [3.8, 4) is 5.75 Å². The van der Waals surface area contributed by atoms with Crippen LogP contribution < -0.4 is 4.74 Å². The van der Waals surface area contributed by atoms with Crippen LogP contribution in [0, 0.1) is 5.92 Å². The lowest BCUT2D eigenvalue weighted by Crippen LogP contribution is -2.39.